The van der Waals surface area contributed by atoms with Gasteiger partial charge in [0.25, 0.3) is 0 Å². The van der Waals surface area contributed by atoms with Crippen LogP contribution in [0.15, 0.2) is 109 Å². The Hall–Kier alpha value is -3.87. The van der Waals surface area contributed by atoms with Crippen molar-refractivity contribution >= 4 is 46.2 Å². The minimum Gasteiger partial charge on any atom is -0.269 e. The van der Waals surface area contributed by atoms with Gasteiger partial charge in [-0.25, -0.2) is 4.98 Å². The lowest BCUT2D eigenvalue weighted by atomic mass is 9.94. The molecule has 32 heavy (non-hydrogen) atoms. The van der Waals surface area contributed by atoms with Gasteiger partial charge in [0.2, 0.25) is 0 Å². The van der Waals surface area contributed by atoms with Crippen molar-refractivity contribution < 1.29 is 4.57 Å². The predicted molar refractivity (Wildman–Crippen MR) is 135 cm³/mol. The first-order valence-corrected chi connectivity index (χ1v) is 11.4. The Morgan fingerprint density at radius 1 is 0.562 bits per heavy atom. The zero-order valence-electron chi connectivity index (χ0n) is 17.2. The lowest BCUT2D eigenvalue weighted by Gasteiger charge is -2.13. The molecule has 0 bridgehead atoms. The molecule has 1 aromatic heterocycles. The molecule has 150 valence electrons. The molecular weight excluding hydrogens is 409 g/mol. The molecule has 0 fully saturated rings. The maximum Gasteiger partial charge on any atom is 0.192 e. The first-order chi connectivity index (χ1) is 15.8. The third-order valence-corrected chi connectivity index (χ3v) is 6.50. The van der Waals surface area contributed by atoms with Crippen LogP contribution < -0.4 is 5.30 Å². The SMILES string of the molecule is O=Pc1cccc(-c2cccc(-c3nc4ccccc4c4c3ccc3ccccc34)c2)c1. The Bertz CT molecular complexity index is 1640. The van der Waals surface area contributed by atoms with Crippen molar-refractivity contribution in [3.8, 4) is 22.4 Å². The van der Waals surface area contributed by atoms with Gasteiger partial charge in [0.05, 0.1) is 11.2 Å². The number of hydrogen-bond donors (Lipinski definition) is 0. The highest BCUT2D eigenvalue weighted by Gasteiger charge is 2.13. The molecule has 0 aliphatic rings. The zero-order chi connectivity index (χ0) is 21.5. The van der Waals surface area contributed by atoms with E-state index >= 15 is 0 Å². The first-order valence-electron chi connectivity index (χ1n) is 10.6. The van der Waals surface area contributed by atoms with E-state index in [4.69, 9.17) is 4.98 Å². The molecule has 0 atom stereocenters. The van der Waals surface area contributed by atoms with Crippen molar-refractivity contribution in [3.05, 3.63) is 109 Å². The molecule has 0 saturated heterocycles. The highest BCUT2D eigenvalue weighted by atomic mass is 31.1. The molecule has 0 aliphatic heterocycles. The second-order valence-electron chi connectivity index (χ2n) is 7.91. The number of para-hydroxylation sites is 1. The number of nitrogens with zero attached hydrogens (tertiary/aromatic N) is 1. The van der Waals surface area contributed by atoms with E-state index in [2.05, 4.69) is 78.9 Å². The highest BCUT2D eigenvalue weighted by Crippen LogP contribution is 2.37. The van der Waals surface area contributed by atoms with Crippen molar-refractivity contribution in [1.82, 2.24) is 4.98 Å². The minimum atomic E-state index is 0.0329. The Kier molecular flexibility index (Phi) is 4.52. The van der Waals surface area contributed by atoms with Crippen LogP contribution in [-0.2, 0) is 4.57 Å². The van der Waals surface area contributed by atoms with Crippen molar-refractivity contribution in [2.45, 2.75) is 0 Å². The number of fused-ring (bicyclic) bond motifs is 5. The summed E-state index contributed by atoms with van der Waals surface area (Å²) in [6, 6.07) is 37.5. The smallest absolute Gasteiger partial charge is 0.192 e. The Balaban J connectivity index is 1.66. The predicted octanol–water partition coefficient (Wildman–Crippen LogP) is 7.79. The number of aromatic nitrogens is 1. The molecular formula is C29H18NOP. The van der Waals surface area contributed by atoms with Crippen LogP contribution in [0.25, 0.3) is 54.8 Å². The standard InChI is InChI=1S/C29H18NOP/c31-32-23-11-6-9-21(18-23)20-8-5-10-22(17-20)29-26-16-15-19-7-1-2-12-24(19)28(26)25-13-3-4-14-27(25)30-29/h1-18H. The molecule has 1 heterocycles. The van der Waals surface area contributed by atoms with Crippen molar-refractivity contribution in [3.63, 3.8) is 0 Å². The number of rotatable bonds is 3. The van der Waals surface area contributed by atoms with Gasteiger partial charge in [-0.3, -0.25) is 4.57 Å². The second kappa shape index (κ2) is 7.67. The Labute approximate surface area is 187 Å². The number of pyridine rings is 1. The van der Waals surface area contributed by atoms with Crippen LogP contribution in [0, 0.1) is 0 Å². The summed E-state index contributed by atoms with van der Waals surface area (Å²) in [6.07, 6.45) is 0. The molecule has 0 unspecified atom stereocenters. The van der Waals surface area contributed by atoms with Crippen LogP contribution in [-0.4, -0.2) is 4.98 Å². The van der Waals surface area contributed by atoms with Gasteiger partial charge in [0.15, 0.2) is 8.46 Å². The molecule has 0 saturated carbocycles. The fraction of sp³-hybridized carbons (Fsp3) is 0. The summed E-state index contributed by atoms with van der Waals surface area (Å²) in [4.78, 5) is 5.10. The van der Waals surface area contributed by atoms with Crippen molar-refractivity contribution in [2.75, 3.05) is 0 Å². The molecule has 0 spiro atoms. The summed E-state index contributed by atoms with van der Waals surface area (Å²) in [6.45, 7) is 0. The molecule has 3 heteroatoms. The summed E-state index contributed by atoms with van der Waals surface area (Å²) >= 11 is 0. The van der Waals surface area contributed by atoms with E-state index in [-0.39, 0.29) is 8.46 Å². The van der Waals surface area contributed by atoms with E-state index in [1.165, 1.54) is 21.5 Å². The number of benzene rings is 5. The molecule has 0 amide bonds. The molecule has 0 radical (unpaired) electrons. The monoisotopic (exact) mass is 427 g/mol. The van der Waals surface area contributed by atoms with Crippen molar-refractivity contribution in [1.29, 1.82) is 0 Å². The molecule has 5 aromatic carbocycles. The summed E-state index contributed by atoms with van der Waals surface area (Å²) in [7, 11) is 0.0329. The largest absolute Gasteiger partial charge is 0.269 e. The van der Waals surface area contributed by atoms with E-state index in [9.17, 15) is 4.57 Å². The average Bonchev–Trinajstić information content (AvgIpc) is 2.88. The van der Waals surface area contributed by atoms with Gasteiger partial charge in [-0.1, -0.05) is 84.9 Å². The van der Waals surface area contributed by atoms with Crippen LogP contribution in [0.2, 0.25) is 0 Å². The second-order valence-corrected chi connectivity index (χ2v) is 8.61. The van der Waals surface area contributed by atoms with Gasteiger partial charge in [-0.15, -0.1) is 0 Å². The van der Waals surface area contributed by atoms with E-state index in [1.807, 2.05) is 30.3 Å². The fourth-order valence-electron chi connectivity index (χ4n) is 4.53. The van der Waals surface area contributed by atoms with Gasteiger partial charge in [0.1, 0.15) is 0 Å². The summed E-state index contributed by atoms with van der Waals surface area (Å²) < 4.78 is 11.3. The van der Waals surface area contributed by atoms with Crippen LogP contribution in [0.5, 0.6) is 0 Å². The van der Waals surface area contributed by atoms with Gasteiger partial charge in [-0.2, -0.15) is 0 Å². The third kappa shape index (κ3) is 3.09. The summed E-state index contributed by atoms with van der Waals surface area (Å²) in [5.74, 6) is 0. The Morgan fingerprint density at radius 2 is 1.28 bits per heavy atom. The third-order valence-electron chi connectivity index (χ3n) is 6.01. The molecule has 0 aliphatic carbocycles. The minimum absolute atomic E-state index is 0.0329. The highest BCUT2D eigenvalue weighted by molar-refractivity contribution is 7.34. The van der Waals surface area contributed by atoms with Crippen LogP contribution in [0.1, 0.15) is 0 Å². The van der Waals surface area contributed by atoms with Crippen molar-refractivity contribution in [2.24, 2.45) is 0 Å². The molecule has 6 aromatic rings. The van der Waals surface area contributed by atoms with Gasteiger partial charge in [0, 0.05) is 27.0 Å². The molecule has 2 nitrogen and oxygen atoms in total. The first kappa shape index (κ1) is 18.9. The average molecular weight is 427 g/mol. The summed E-state index contributed by atoms with van der Waals surface area (Å²) in [5.41, 5.74) is 5.16. The molecule has 0 N–H and O–H groups in total. The fourth-order valence-corrected chi connectivity index (χ4v) is 4.87. The lowest BCUT2D eigenvalue weighted by Crippen LogP contribution is -1.93. The summed E-state index contributed by atoms with van der Waals surface area (Å²) in [5, 5.41) is 6.79. The van der Waals surface area contributed by atoms with Gasteiger partial charge in [-0.05, 0) is 46.2 Å². The van der Waals surface area contributed by atoms with E-state index in [0.717, 1.165) is 38.6 Å². The quantitative estimate of drug-likeness (QED) is 0.213. The van der Waals surface area contributed by atoms with E-state index in [1.54, 1.807) is 0 Å². The lowest BCUT2D eigenvalue weighted by molar-refractivity contribution is 0.603. The van der Waals surface area contributed by atoms with Gasteiger partial charge < -0.3 is 0 Å². The van der Waals surface area contributed by atoms with E-state index < -0.39 is 0 Å². The topological polar surface area (TPSA) is 30.0 Å². The maximum absolute atomic E-state index is 11.3. The van der Waals surface area contributed by atoms with E-state index in [0.29, 0.717) is 0 Å². The van der Waals surface area contributed by atoms with Crippen LogP contribution >= 0.6 is 8.46 Å². The number of hydrogen-bond acceptors (Lipinski definition) is 2. The van der Waals surface area contributed by atoms with Crippen LogP contribution in [0.4, 0.5) is 0 Å². The Morgan fingerprint density at radius 3 is 2.16 bits per heavy atom. The van der Waals surface area contributed by atoms with Crippen LogP contribution in [0.3, 0.4) is 0 Å². The van der Waals surface area contributed by atoms with Gasteiger partial charge >= 0.3 is 0 Å². The molecule has 6 rings (SSSR count). The zero-order valence-corrected chi connectivity index (χ0v) is 18.1. The normalized spacial score (nSPS) is 11.5. The maximum atomic E-state index is 11.3.